The van der Waals surface area contributed by atoms with Gasteiger partial charge in [-0.1, -0.05) is 0 Å². The number of alkyl halides is 3. The molecule has 2 rings (SSSR count). The molecule has 0 spiro atoms. The third-order valence-corrected chi connectivity index (χ3v) is 3.55. The second-order valence-electron chi connectivity index (χ2n) is 5.64. The first-order valence-corrected chi connectivity index (χ1v) is 7.50. The highest BCUT2D eigenvalue weighted by molar-refractivity contribution is 6.05. The minimum Gasteiger partial charge on any atom is -0.343 e. The molecule has 0 aromatic heterocycles. The lowest BCUT2D eigenvalue weighted by atomic mass is 10.1. The van der Waals surface area contributed by atoms with Gasteiger partial charge in [0.1, 0.15) is 12.4 Å². The number of amides is 2. The SMILES string of the molecule is Cc1c(F)cc(C(=O)NCC(F)(F)F)cc1NC(=O)c1cc(F)c(F)c(F)c1. The molecule has 0 unspecified atom stereocenters. The first kappa shape index (κ1) is 21.2. The van der Waals surface area contributed by atoms with Crippen molar-refractivity contribution in [1.82, 2.24) is 5.32 Å². The summed E-state index contributed by atoms with van der Waals surface area (Å²) < 4.78 is 89.9. The molecular weight excluding hydrogens is 397 g/mol. The summed E-state index contributed by atoms with van der Waals surface area (Å²) in [5.41, 5.74) is -1.68. The molecule has 0 atom stereocenters. The van der Waals surface area contributed by atoms with Crippen LogP contribution in [0.2, 0.25) is 0 Å². The second-order valence-corrected chi connectivity index (χ2v) is 5.64. The number of anilines is 1. The van der Waals surface area contributed by atoms with Crippen LogP contribution in [-0.2, 0) is 0 Å². The van der Waals surface area contributed by atoms with Crippen LogP contribution in [0.15, 0.2) is 24.3 Å². The predicted octanol–water partition coefficient (Wildman–Crippen LogP) is 4.10. The van der Waals surface area contributed by atoms with Crippen molar-refractivity contribution in [2.45, 2.75) is 13.1 Å². The molecule has 0 aliphatic heterocycles. The quantitative estimate of drug-likeness (QED) is 0.592. The molecule has 2 N–H and O–H groups in total. The van der Waals surface area contributed by atoms with E-state index < -0.39 is 58.9 Å². The molecule has 0 aliphatic rings. The number of hydrogen-bond donors (Lipinski definition) is 2. The van der Waals surface area contributed by atoms with Crippen LogP contribution in [0.5, 0.6) is 0 Å². The summed E-state index contributed by atoms with van der Waals surface area (Å²) in [6.45, 7) is -0.467. The Bertz CT molecular complexity index is 919. The summed E-state index contributed by atoms with van der Waals surface area (Å²) in [7, 11) is 0. The van der Waals surface area contributed by atoms with Gasteiger partial charge in [0.15, 0.2) is 17.5 Å². The van der Waals surface area contributed by atoms with E-state index in [-0.39, 0.29) is 11.3 Å². The Morgan fingerprint density at radius 3 is 1.89 bits per heavy atom. The maximum atomic E-state index is 14.0. The minimum absolute atomic E-state index is 0.191. The van der Waals surface area contributed by atoms with E-state index in [9.17, 15) is 40.3 Å². The molecule has 11 heteroatoms. The van der Waals surface area contributed by atoms with Crippen LogP contribution in [0.25, 0.3) is 0 Å². The Balaban J connectivity index is 2.29. The van der Waals surface area contributed by atoms with E-state index in [1.165, 1.54) is 12.2 Å². The van der Waals surface area contributed by atoms with Crippen LogP contribution in [0.1, 0.15) is 26.3 Å². The first-order chi connectivity index (χ1) is 12.9. The highest BCUT2D eigenvalue weighted by Gasteiger charge is 2.28. The van der Waals surface area contributed by atoms with Gasteiger partial charge < -0.3 is 10.6 Å². The number of rotatable bonds is 4. The lowest BCUT2D eigenvalue weighted by molar-refractivity contribution is -0.123. The fourth-order valence-corrected chi connectivity index (χ4v) is 2.10. The molecule has 2 aromatic carbocycles. The molecule has 4 nitrogen and oxygen atoms in total. The summed E-state index contributed by atoms with van der Waals surface area (Å²) in [5.74, 6) is -8.49. The number of hydrogen-bond acceptors (Lipinski definition) is 2. The molecular formula is C17H11F7N2O2. The fourth-order valence-electron chi connectivity index (χ4n) is 2.10. The number of benzene rings is 2. The van der Waals surface area contributed by atoms with Crippen LogP contribution in [0.3, 0.4) is 0 Å². The number of halogens is 7. The zero-order valence-electron chi connectivity index (χ0n) is 14.0. The second kappa shape index (κ2) is 7.87. The van der Waals surface area contributed by atoms with Crippen molar-refractivity contribution in [1.29, 1.82) is 0 Å². The summed E-state index contributed by atoms with van der Waals surface area (Å²) in [4.78, 5) is 23.9. The van der Waals surface area contributed by atoms with Crippen LogP contribution >= 0.6 is 0 Å². The van der Waals surface area contributed by atoms with Crippen molar-refractivity contribution < 1.29 is 40.3 Å². The fraction of sp³-hybridized carbons (Fsp3) is 0.176. The monoisotopic (exact) mass is 408 g/mol. The van der Waals surface area contributed by atoms with Crippen LogP contribution in [0.4, 0.5) is 36.4 Å². The zero-order chi connectivity index (χ0) is 21.2. The lowest BCUT2D eigenvalue weighted by Crippen LogP contribution is -2.33. The largest absolute Gasteiger partial charge is 0.405 e. The van der Waals surface area contributed by atoms with Gasteiger partial charge in [0.2, 0.25) is 0 Å². The third kappa shape index (κ3) is 4.99. The molecule has 150 valence electrons. The van der Waals surface area contributed by atoms with Gasteiger partial charge in [0.05, 0.1) is 0 Å². The van der Waals surface area contributed by atoms with E-state index in [2.05, 4.69) is 5.32 Å². The third-order valence-electron chi connectivity index (χ3n) is 3.55. The summed E-state index contributed by atoms with van der Waals surface area (Å²) >= 11 is 0. The number of carbonyl (C=O) groups excluding carboxylic acids is 2. The van der Waals surface area contributed by atoms with E-state index in [0.29, 0.717) is 18.2 Å². The van der Waals surface area contributed by atoms with Crippen molar-refractivity contribution in [2.75, 3.05) is 11.9 Å². The topological polar surface area (TPSA) is 58.2 Å². The Morgan fingerprint density at radius 1 is 0.857 bits per heavy atom. The summed E-state index contributed by atoms with van der Waals surface area (Å²) in [6, 6.07) is 2.35. The average Bonchev–Trinajstić information content (AvgIpc) is 2.60. The van der Waals surface area contributed by atoms with Gasteiger partial charge in [-0.2, -0.15) is 13.2 Å². The van der Waals surface area contributed by atoms with Gasteiger partial charge in [-0.25, -0.2) is 17.6 Å². The lowest BCUT2D eigenvalue weighted by Gasteiger charge is -2.13. The molecule has 0 saturated heterocycles. The standard InChI is InChI=1S/C17H11F7N2O2/c1-7-10(18)2-9(15(27)25-6-17(22,23)24)5-13(7)26-16(28)8-3-11(19)14(21)12(20)4-8/h2-5H,6H2,1H3,(H,25,27)(H,26,28). The van der Waals surface area contributed by atoms with Crippen molar-refractivity contribution in [2.24, 2.45) is 0 Å². The highest BCUT2D eigenvalue weighted by Crippen LogP contribution is 2.23. The van der Waals surface area contributed by atoms with Crippen molar-refractivity contribution in [3.63, 3.8) is 0 Å². The average molecular weight is 408 g/mol. The molecule has 0 fully saturated rings. The van der Waals surface area contributed by atoms with Gasteiger partial charge in [0.25, 0.3) is 11.8 Å². The van der Waals surface area contributed by atoms with E-state index >= 15 is 0 Å². The van der Waals surface area contributed by atoms with Gasteiger partial charge in [0, 0.05) is 22.4 Å². The molecule has 0 radical (unpaired) electrons. The van der Waals surface area contributed by atoms with Crippen LogP contribution < -0.4 is 10.6 Å². The maximum Gasteiger partial charge on any atom is 0.405 e. The van der Waals surface area contributed by atoms with Crippen molar-refractivity contribution >= 4 is 17.5 Å². The molecule has 0 heterocycles. The van der Waals surface area contributed by atoms with Gasteiger partial charge in [-0.3, -0.25) is 9.59 Å². The maximum absolute atomic E-state index is 14.0. The molecule has 0 bridgehead atoms. The minimum atomic E-state index is -4.69. The van der Waals surface area contributed by atoms with E-state index in [1.807, 2.05) is 0 Å². The Morgan fingerprint density at radius 2 is 1.36 bits per heavy atom. The summed E-state index contributed by atoms with van der Waals surface area (Å²) in [5, 5.41) is 3.61. The van der Waals surface area contributed by atoms with Gasteiger partial charge in [-0.05, 0) is 31.2 Å². The number of nitrogens with one attached hydrogen (secondary N) is 2. The number of carbonyl (C=O) groups is 2. The first-order valence-electron chi connectivity index (χ1n) is 7.50. The normalized spacial score (nSPS) is 11.3. The van der Waals surface area contributed by atoms with Crippen LogP contribution in [-0.4, -0.2) is 24.5 Å². The molecule has 0 aliphatic carbocycles. The van der Waals surface area contributed by atoms with Crippen molar-refractivity contribution in [3.8, 4) is 0 Å². The smallest absolute Gasteiger partial charge is 0.343 e. The highest BCUT2D eigenvalue weighted by atomic mass is 19.4. The molecule has 0 saturated carbocycles. The Hall–Kier alpha value is -3.11. The molecule has 28 heavy (non-hydrogen) atoms. The summed E-state index contributed by atoms with van der Waals surface area (Å²) in [6.07, 6.45) is -4.69. The van der Waals surface area contributed by atoms with E-state index in [0.717, 1.165) is 6.07 Å². The zero-order valence-corrected chi connectivity index (χ0v) is 14.0. The van der Waals surface area contributed by atoms with Crippen molar-refractivity contribution in [3.05, 3.63) is 64.2 Å². The van der Waals surface area contributed by atoms with Gasteiger partial charge in [-0.15, -0.1) is 0 Å². The Kier molecular flexibility index (Phi) is 5.95. The predicted molar refractivity (Wildman–Crippen MR) is 83.8 cm³/mol. The van der Waals surface area contributed by atoms with Gasteiger partial charge >= 0.3 is 6.18 Å². The molecule has 2 aromatic rings. The Labute approximate surface area is 153 Å². The van der Waals surface area contributed by atoms with E-state index in [1.54, 1.807) is 0 Å². The van der Waals surface area contributed by atoms with Crippen LogP contribution in [0, 0.1) is 30.2 Å². The molecule has 2 amide bonds. The van der Waals surface area contributed by atoms with E-state index in [4.69, 9.17) is 0 Å².